The topological polar surface area (TPSA) is 188 Å². The standard InChI is InChI=1S/C49H84NO11P/c1-5-7-22-29-43(51)30-24-18-14-13-15-19-25-31-44(52)32-28-36-49(54)60-45(40-59-62(55,56)58-38-37-50)39-57-48(53)35-27-21-17-12-10-9-11-16-20-26-34-47-42(4)41(3)46(61-47)33-23-8-6-2/h14-15,18-19,24-25,30-31,43-45,51-52H,5-13,16-17,20-23,26-29,32-40,50H2,1-4H3,(H,55,56)/b18-14-,19-15-,30-24+,31-25+/t43-,44-,45-/m1/s1. The van der Waals surface area contributed by atoms with E-state index in [1.807, 2.05) is 30.4 Å². The molecule has 62 heavy (non-hydrogen) atoms. The minimum atomic E-state index is -4.46. The average molecular weight is 894 g/mol. The molecule has 1 heterocycles. The molecule has 0 aliphatic heterocycles. The maximum atomic E-state index is 12.6. The summed E-state index contributed by atoms with van der Waals surface area (Å²) in [6.07, 6.45) is 34.6. The maximum Gasteiger partial charge on any atom is 0.472 e. The second-order valence-corrected chi connectivity index (χ2v) is 17.7. The molecule has 0 bridgehead atoms. The van der Waals surface area contributed by atoms with E-state index >= 15 is 0 Å². The quantitative estimate of drug-likeness (QED) is 0.0212. The van der Waals surface area contributed by atoms with Crippen LogP contribution in [0.15, 0.2) is 53.0 Å². The van der Waals surface area contributed by atoms with Crippen molar-refractivity contribution in [1.29, 1.82) is 0 Å². The van der Waals surface area contributed by atoms with Crippen LogP contribution < -0.4 is 5.73 Å². The zero-order valence-corrected chi connectivity index (χ0v) is 39.7. The van der Waals surface area contributed by atoms with Crippen molar-refractivity contribution in [3.8, 4) is 0 Å². The number of ether oxygens (including phenoxy) is 2. The van der Waals surface area contributed by atoms with Gasteiger partial charge in [-0.2, -0.15) is 0 Å². The largest absolute Gasteiger partial charge is 0.472 e. The van der Waals surface area contributed by atoms with E-state index in [0.29, 0.717) is 25.7 Å². The van der Waals surface area contributed by atoms with E-state index in [1.54, 1.807) is 18.2 Å². The number of phosphoric acid groups is 1. The van der Waals surface area contributed by atoms with Crippen LogP contribution in [-0.2, 0) is 45.5 Å². The maximum absolute atomic E-state index is 12.6. The third-order valence-electron chi connectivity index (χ3n) is 10.6. The van der Waals surface area contributed by atoms with E-state index in [2.05, 4.69) is 27.7 Å². The third-order valence-corrected chi connectivity index (χ3v) is 11.6. The number of allylic oxidation sites excluding steroid dienone is 6. The van der Waals surface area contributed by atoms with E-state index in [-0.39, 0.29) is 32.6 Å². The van der Waals surface area contributed by atoms with Crippen LogP contribution in [0.5, 0.6) is 0 Å². The molecule has 1 rings (SSSR count). The van der Waals surface area contributed by atoms with Crippen LogP contribution in [0, 0.1) is 13.8 Å². The van der Waals surface area contributed by atoms with Crippen LogP contribution in [0.1, 0.15) is 178 Å². The minimum absolute atomic E-state index is 0.00939. The Morgan fingerprint density at radius 1 is 0.661 bits per heavy atom. The molecule has 0 aromatic carbocycles. The second kappa shape index (κ2) is 37.5. The van der Waals surface area contributed by atoms with Crippen LogP contribution in [0.25, 0.3) is 0 Å². The molecular formula is C49H84NO11P. The van der Waals surface area contributed by atoms with Gasteiger partial charge in [-0.1, -0.05) is 146 Å². The Kier molecular flexibility index (Phi) is 34.6. The van der Waals surface area contributed by atoms with E-state index < -0.39 is 44.7 Å². The summed E-state index contributed by atoms with van der Waals surface area (Å²) in [6, 6.07) is 0. The lowest BCUT2D eigenvalue weighted by Gasteiger charge is -2.20. The molecule has 1 aromatic heterocycles. The first kappa shape index (κ1) is 57.2. The lowest BCUT2D eigenvalue weighted by Crippen LogP contribution is -2.29. The van der Waals surface area contributed by atoms with E-state index in [4.69, 9.17) is 28.7 Å². The smallest absolute Gasteiger partial charge is 0.466 e. The average Bonchev–Trinajstić information content (AvgIpc) is 3.51. The summed E-state index contributed by atoms with van der Waals surface area (Å²) in [5.41, 5.74) is 8.01. The summed E-state index contributed by atoms with van der Waals surface area (Å²) in [5.74, 6) is 1.28. The number of carbonyl (C=O) groups excluding carboxylic acids is 2. The molecule has 356 valence electrons. The molecule has 0 aliphatic carbocycles. The van der Waals surface area contributed by atoms with Gasteiger partial charge in [0.1, 0.15) is 18.1 Å². The van der Waals surface area contributed by atoms with Gasteiger partial charge in [-0.05, 0) is 69.9 Å². The van der Waals surface area contributed by atoms with Gasteiger partial charge in [0.15, 0.2) is 6.10 Å². The molecular weight excluding hydrogens is 810 g/mol. The Morgan fingerprint density at radius 3 is 1.73 bits per heavy atom. The molecule has 1 unspecified atom stereocenters. The number of carbonyl (C=O) groups is 2. The SMILES string of the molecule is CCCCCc1oc(CCCCCCCCCCCCC(=O)OC[C@H](COP(=O)(O)OCCN)OC(=O)CCC[C@H](O)/C=C/C=C\C/C=C\C=C\[C@H](O)CCCCC)c(C)c1C. The summed E-state index contributed by atoms with van der Waals surface area (Å²) in [6.45, 7) is 7.69. The van der Waals surface area contributed by atoms with Crippen LogP contribution >= 0.6 is 7.82 Å². The van der Waals surface area contributed by atoms with Gasteiger partial charge in [0, 0.05) is 32.2 Å². The first-order chi connectivity index (χ1) is 29.9. The molecule has 4 atom stereocenters. The number of nitrogens with two attached hydrogens (primary N) is 1. The summed E-state index contributed by atoms with van der Waals surface area (Å²) >= 11 is 0. The number of furan rings is 1. The van der Waals surface area contributed by atoms with Crippen molar-refractivity contribution in [3.05, 3.63) is 71.3 Å². The Bertz CT molecular complexity index is 1470. The van der Waals surface area contributed by atoms with E-state index in [9.17, 15) is 29.3 Å². The number of unbranched alkanes of at least 4 members (excludes halogenated alkanes) is 13. The van der Waals surface area contributed by atoms with Gasteiger partial charge in [-0.15, -0.1) is 0 Å². The van der Waals surface area contributed by atoms with E-state index in [1.165, 1.54) is 74.0 Å². The number of rotatable bonds is 40. The fraction of sp³-hybridized carbons (Fsp3) is 0.714. The van der Waals surface area contributed by atoms with Crippen molar-refractivity contribution >= 4 is 19.8 Å². The zero-order chi connectivity index (χ0) is 45.7. The number of hydrogen-bond donors (Lipinski definition) is 4. The van der Waals surface area contributed by atoms with Gasteiger partial charge in [0.25, 0.3) is 0 Å². The van der Waals surface area contributed by atoms with Gasteiger partial charge < -0.3 is 34.7 Å². The normalized spacial score (nSPS) is 14.6. The molecule has 13 heteroatoms. The molecule has 0 radical (unpaired) electrons. The lowest BCUT2D eigenvalue weighted by molar-refractivity contribution is -0.161. The fourth-order valence-corrected chi connectivity index (χ4v) is 7.50. The van der Waals surface area contributed by atoms with Crippen molar-refractivity contribution < 1.29 is 52.2 Å². The molecule has 0 saturated heterocycles. The summed E-state index contributed by atoms with van der Waals surface area (Å²) in [5, 5.41) is 20.2. The highest BCUT2D eigenvalue weighted by molar-refractivity contribution is 7.47. The van der Waals surface area contributed by atoms with Gasteiger partial charge in [-0.3, -0.25) is 18.6 Å². The minimum Gasteiger partial charge on any atom is -0.466 e. The molecule has 5 N–H and O–H groups in total. The van der Waals surface area contributed by atoms with Crippen molar-refractivity contribution in [2.24, 2.45) is 5.73 Å². The number of phosphoric ester groups is 1. The van der Waals surface area contributed by atoms with E-state index in [0.717, 1.165) is 64.2 Å². The number of aliphatic hydroxyl groups excluding tert-OH is 2. The Labute approximate surface area is 374 Å². The predicted octanol–water partition coefficient (Wildman–Crippen LogP) is 11.1. The molecule has 0 aliphatic rings. The van der Waals surface area contributed by atoms with Gasteiger partial charge in [0.05, 0.1) is 25.4 Å². The molecule has 12 nitrogen and oxygen atoms in total. The first-order valence-corrected chi connectivity index (χ1v) is 25.2. The highest BCUT2D eigenvalue weighted by Gasteiger charge is 2.26. The molecule has 1 aromatic rings. The van der Waals surface area contributed by atoms with Crippen LogP contribution in [0.3, 0.4) is 0 Å². The third kappa shape index (κ3) is 31.1. The summed E-state index contributed by atoms with van der Waals surface area (Å²) in [4.78, 5) is 35.1. The van der Waals surface area contributed by atoms with Crippen LogP contribution in [0.4, 0.5) is 0 Å². The van der Waals surface area contributed by atoms with Gasteiger partial charge in [-0.25, -0.2) is 4.57 Å². The van der Waals surface area contributed by atoms with Crippen LogP contribution in [0.2, 0.25) is 0 Å². The molecule has 0 fully saturated rings. The Balaban J connectivity index is 2.31. The van der Waals surface area contributed by atoms with Crippen molar-refractivity contribution in [3.63, 3.8) is 0 Å². The predicted molar refractivity (Wildman–Crippen MR) is 249 cm³/mol. The number of hydrogen-bond acceptors (Lipinski definition) is 11. The molecule has 0 spiro atoms. The van der Waals surface area contributed by atoms with Gasteiger partial charge in [0.2, 0.25) is 0 Å². The monoisotopic (exact) mass is 894 g/mol. The molecule has 0 amide bonds. The first-order valence-electron chi connectivity index (χ1n) is 23.7. The van der Waals surface area contributed by atoms with Crippen molar-refractivity contribution in [1.82, 2.24) is 0 Å². The number of aryl methyl sites for hydroxylation is 2. The highest BCUT2D eigenvalue weighted by atomic mass is 31.2. The second-order valence-electron chi connectivity index (χ2n) is 16.3. The summed E-state index contributed by atoms with van der Waals surface area (Å²) < 4.78 is 38.9. The van der Waals surface area contributed by atoms with Crippen molar-refractivity contribution in [2.45, 2.75) is 200 Å². The van der Waals surface area contributed by atoms with Crippen molar-refractivity contribution in [2.75, 3.05) is 26.4 Å². The molecule has 0 saturated carbocycles. The number of esters is 2. The Hall–Kier alpha value is -2.83. The zero-order valence-electron chi connectivity index (χ0n) is 38.8. The fourth-order valence-electron chi connectivity index (χ4n) is 6.73. The summed E-state index contributed by atoms with van der Waals surface area (Å²) in [7, 11) is -4.46. The van der Waals surface area contributed by atoms with Gasteiger partial charge >= 0.3 is 19.8 Å². The number of aliphatic hydroxyl groups is 2. The Morgan fingerprint density at radius 2 is 1.16 bits per heavy atom. The lowest BCUT2D eigenvalue weighted by atomic mass is 10.0. The van der Waals surface area contributed by atoms with Crippen LogP contribution in [-0.4, -0.2) is 71.7 Å². The highest BCUT2D eigenvalue weighted by Crippen LogP contribution is 2.43.